The third kappa shape index (κ3) is 4.62. The molecule has 0 unspecified atom stereocenters. The number of piperidine rings is 1. The summed E-state index contributed by atoms with van der Waals surface area (Å²) in [5.74, 6) is 0.355. The van der Waals surface area contributed by atoms with Crippen molar-refractivity contribution >= 4 is 21.7 Å². The highest BCUT2D eigenvalue weighted by molar-refractivity contribution is 7.89. The Morgan fingerprint density at radius 1 is 0.966 bits per heavy atom. The van der Waals surface area contributed by atoms with Gasteiger partial charge in [0.05, 0.1) is 11.4 Å². The molecule has 0 bridgehead atoms. The van der Waals surface area contributed by atoms with Crippen LogP contribution >= 0.6 is 0 Å². The van der Waals surface area contributed by atoms with Crippen LogP contribution in [0.4, 0.5) is 5.69 Å². The average molecular weight is 413 g/mol. The van der Waals surface area contributed by atoms with Crippen molar-refractivity contribution in [1.29, 1.82) is 0 Å². The van der Waals surface area contributed by atoms with Crippen molar-refractivity contribution in [2.45, 2.75) is 50.0 Å². The van der Waals surface area contributed by atoms with Crippen molar-refractivity contribution in [2.24, 2.45) is 10.7 Å². The van der Waals surface area contributed by atoms with Gasteiger partial charge in [-0.3, -0.25) is 0 Å². The van der Waals surface area contributed by atoms with Crippen molar-refractivity contribution in [3.05, 3.63) is 59.2 Å². The summed E-state index contributed by atoms with van der Waals surface area (Å²) in [6.45, 7) is 1.62. The first-order valence-electron chi connectivity index (χ1n) is 10.3. The lowest BCUT2D eigenvalue weighted by molar-refractivity contribution is 0.346. The average Bonchev–Trinajstić information content (AvgIpc) is 3.21. The van der Waals surface area contributed by atoms with Crippen molar-refractivity contribution in [1.82, 2.24) is 4.31 Å². The molecule has 0 spiro atoms. The molecule has 1 heterocycles. The molecule has 154 valence electrons. The molecule has 2 aliphatic rings. The summed E-state index contributed by atoms with van der Waals surface area (Å²) in [5, 5.41) is 3.15. The molecule has 0 radical (unpaired) electrons. The smallest absolute Gasteiger partial charge is 0.243 e. The number of fused-ring (bicyclic) bond motifs is 1. The second-order valence-electron chi connectivity index (χ2n) is 7.77. The van der Waals surface area contributed by atoms with Crippen LogP contribution in [0.5, 0.6) is 0 Å². The van der Waals surface area contributed by atoms with Crippen LogP contribution in [0.15, 0.2) is 52.4 Å². The number of guanidine groups is 1. The molecule has 1 aliphatic carbocycles. The molecular formula is C22H28N4O2S. The number of sulfonamides is 1. The van der Waals surface area contributed by atoms with Crippen molar-refractivity contribution < 1.29 is 8.42 Å². The Labute approximate surface area is 172 Å². The number of nitrogens with zero attached hydrogens (tertiary/aromatic N) is 2. The number of benzene rings is 2. The molecule has 2 aromatic rings. The second kappa shape index (κ2) is 8.55. The van der Waals surface area contributed by atoms with Gasteiger partial charge in [0.2, 0.25) is 10.0 Å². The molecule has 1 fully saturated rings. The monoisotopic (exact) mass is 412 g/mol. The van der Waals surface area contributed by atoms with Crippen LogP contribution in [0.2, 0.25) is 0 Å². The summed E-state index contributed by atoms with van der Waals surface area (Å²) in [7, 11) is -3.40. The van der Waals surface area contributed by atoms with Gasteiger partial charge in [0.1, 0.15) is 0 Å². The molecule has 6 nitrogen and oxygen atoms in total. The van der Waals surface area contributed by atoms with E-state index in [0.717, 1.165) is 43.4 Å². The van der Waals surface area contributed by atoms with Crippen molar-refractivity contribution in [2.75, 3.05) is 18.4 Å². The fourth-order valence-electron chi connectivity index (χ4n) is 4.03. The molecule has 1 aliphatic heterocycles. The van der Waals surface area contributed by atoms with Crippen LogP contribution < -0.4 is 11.1 Å². The Morgan fingerprint density at radius 3 is 2.45 bits per heavy atom. The number of nitrogens with two attached hydrogens (primary N) is 1. The molecule has 0 amide bonds. The number of aryl methyl sites for hydroxylation is 2. The van der Waals surface area contributed by atoms with E-state index in [4.69, 9.17) is 5.73 Å². The van der Waals surface area contributed by atoms with E-state index in [1.54, 1.807) is 16.4 Å². The highest BCUT2D eigenvalue weighted by atomic mass is 32.2. The van der Waals surface area contributed by atoms with Gasteiger partial charge in [0, 0.05) is 18.8 Å². The topological polar surface area (TPSA) is 87.8 Å². The molecule has 7 heteroatoms. The predicted molar refractivity (Wildman–Crippen MR) is 116 cm³/mol. The van der Waals surface area contributed by atoms with Crippen LogP contribution in [0.3, 0.4) is 0 Å². The van der Waals surface area contributed by atoms with Crippen molar-refractivity contribution in [3.63, 3.8) is 0 Å². The van der Waals surface area contributed by atoms with Gasteiger partial charge in [-0.25, -0.2) is 13.4 Å². The lowest BCUT2D eigenvalue weighted by Crippen LogP contribution is -2.35. The maximum absolute atomic E-state index is 12.7. The lowest BCUT2D eigenvalue weighted by atomic mass is 10.1. The SMILES string of the molecule is NC(=NCc1ccc(S(=O)(=O)N2CCCCC2)cc1)Nc1ccc2c(c1)CCC2. The molecular weight excluding hydrogens is 384 g/mol. The van der Waals surface area contributed by atoms with E-state index in [1.165, 1.54) is 17.5 Å². The molecule has 3 N–H and O–H groups in total. The minimum Gasteiger partial charge on any atom is -0.370 e. The van der Waals surface area contributed by atoms with Crippen LogP contribution in [0, 0.1) is 0 Å². The second-order valence-corrected chi connectivity index (χ2v) is 9.71. The number of nitrogens with one attached hydrogen (secondary N) is 1. The normalized spacial score (nSPS) is 17.9. The van der Waals surface area contributed by atoms with Gasteiger partial charge in [-0.1, -0.05) is 24.6 Å². The number of hydrogen-bond acceptors (Lipinski definition) is 3. The van der Waals surface area contributed by atoms with Gasteiger partial charge in [-0.15, -0.1) is 0 Å². The quantitative estimate of drug-likeness (QED) is 0.583. The first-order chi connectivity index (χ1) is 14.0. The van der Waals surface area contributed by atoms with Gasteiger partial charge < -0.3 is 11.1 Å². The fourth-order valence-corrected chi connectivity index (χ4v) is 5.55. The third-order valence-electron chi connectivity index (χ3n) is 5.68. The largest absolute Gasteiger partial charge is 0.370 e. The number of rotatable bonds is 5. The summed E-state index contributed by atoms with van der Waals surface area (Å²) in [6, 6.07) is 13.3. The third-order valence-corrected chi connectivity index (χ3v) is 7.59. The first kappa shape index (κ1) is 19.9. The zero-order valence-electron chi connectivity index (χ0n) is 16.6. The number of hydrogen-bond donors (Lipinski definition) is 2. The Hall–Kier alpha value is -2.38. The van der Waals surface area contributed by atoms with Crippen LogP contribution in [-0.2, 0) is 29.4 Å². The fraction of sp³-hybridized carbons (Fsp3) is 0.409. The van der Waals surface area contributed by atoms with Gasteiger partial charge in [-0.05, 0) is 73.1 Å². The Balaban J connectivity index is 1.38. The van der Waals surface area contributed by atoms with Crippen LogP contribution in [-0.4, -0.2) is 31.8 Å². The summed E-state index contributed by atoms with van der Waals surface area (Å²) in [5.41, 5.74) is 10.7. The van der Waals surface area contributed by atoms with E-state index >= 15 is 0 Å². The van der Waals surface area contributed by atoms with E-state index in [-0.39, 0.29) is 0 Å². The van der Waals surface area contributed by atoms with Gasteiger partial charge in [-0.2, -0.15) is 4.31 Å². The predicted octanol–water partition coefficient (Wildman–Crippen LogP) is 3.28. The first-order valence-corrected chi connectivity index (χ1v) is 11.7. The Morgan fingerprint density at radius 2 is 1.69 bits per heavy atom. The van der Waals surface area contributed by atoms with Crippen molar-refractivity contribution in [3.8, 4) is 0 Å². The van der Waals surface area contributed by atoms with E-state index in [1.807, 2.05) is 18.2 Å². The maximum atomic E-state index is 12.7. The van der Waals surface area contributed by atoms with Gasteiger partial charge in [0.15, 0.2) is 5.96 Å². The lowest BCUT2D eigenvalue weighted by Gasteiger charge is -2.25. The minimum absolute atomic E-state index is 0.344. The summed E-state index contributed by atoms with van der Waals surface area (Å²) >= 11 is 0. The molecule has 0 atom stereocenters. The summed E-state index contributed by atoms with van der Waals surface area (Å²) in [4.78, 5) is 4.73. The molecule has 29 heavy (non-hydrogen) atoms. The van der Waals surface area contributed by atoms with E-state index in [9.17, 15) is 8.42 Å². The zero-order chi connectivity index (χ0) is 20.3. The molecule has 1 saturated heterocycles. The highest BCUT2D eigenvalue weighted by Gasteiger charge is 2.25. The highest BCUT2D eigenvalue weighted by Crippen LogP contribution is 2.25. The van der Waals surface area contributed by atoms with Crippen LogP contribution in [0.25, 0.3) is 0 Å². The molecule has 2 aromatic carbocycles. The number of anilines is 1. The van der Waals surface area contributed by atoms with Gasteiger partial charge in [0.25, 0.3) is 0 Å². The van der Waals surface area contributed by atoms with E-state index in [2.05, 4.69) is 22.4 Å². The summed E-state index contributed by atoms with van der Waals surface area (Å²) < 4.78 is 27.0. The maximum Gasteiger partial charge on any atom is 0.243 e. The zero-order valence-corrected chi connectivity index (χ0v) is 17.4. The Kier molecular flexibility index (Phi) is 5.87. The van der Waals surface area contributed by atoms with Crippen LogP contribution in [0.1, 0.15) is 42.4 Å². The summed E-state index contributed by atoms with van der Waals surface area (Å²) in [6.07, 6.45) is 6.46. The minimum atomic E-state index is -3.40. The molecule has 0 saturated carbocycles. The Bertz CT molecular complexity index is 994. The van der Waals surface area contributed by atoms with E-state index in [0.29, 0.717) is 30.5 Å². The molecule has 4 rings (SSSR count). The van der Waals surface area contributed by atoms with E-state index < -0.39 is 10.0 Å². The number of aliphatic imine (C=N–C) groups is 1. The standard InChI is InChI=1S/C22H28N4O2S/c23-22(25-20-10-9-18-5-4-6-19(18)15-20)24-16-17-7-11-21(12-8-17)29(27,28)26-13-2-1-3-14-26/h7-12,15H,1-6,13-14,16H2,(H3,23,24,25). The van der Waals surface area contributed by atoms with Gasteiger partial charge >= 0.3 is 0 Å². The molecule has 0 aromatic heterocycles.